The highest BCUT2D eigenvalue weighted by Gasteiger charge is 2.31. The molecule has 4 nitrogen and oxygen atoms in total. The third-order valence-electron chi connectivity index (χ3n) is 3.67. The van der Waals surface area contributed by atoms with Crippen molar-refractivity contribution in [1.29, 1.82) is 0 Å². The molecule has 0 bridgehead atoms. The number of carbonyl (C=O) groups excluding carboxylic acids is 1. The quantitative estimate of drug-likeness (QED) is 0.888. The molecule has 2 rings (SSSR count). The molecular weight excluding hydrogens is 242 g/mol. The standard InChI is InChI=1S/C15H21NO3/c1-3-19-14-8-11(9-14)10-15(18)16(2)12-4-6-13(17)7-5-12/h4-7,11,14,17H,3,8-10H2,1-2H3. The summed E-state index contributed by atoms with van der Waals surface area (Å²) in [5.74, 6) is 0.775. The molecule has 1 aromatic rings. The molecular formula is C15H21NO3. The van der Waals surface area contributed by atoms with Crippen molar-refractivity contribution in [3.63, 3.8) is 0 Å². The van der Waals surface area contributed by atoms with Crippen LogP contribution in [0.15, 0.2) is 24.3 Å². The van der Waals surface area contributed by atoms with Gasteiger partial charge < -0.3 is 14.7 Å². The molecule has 1 N–H and O–H groups in total. The van der Waals surface area contributed by atoms with Crippen LogP contribution in [0.2, 0.25) is 0 Å². The van der Waals surface area contributed by atoms with Crippen molar-refractivity contribution in [3.05, 3.63) is 24.3 Å². The zero-order valence-electron chi connectivity index (χ0n) is 11.5. The van der Waals surface area contributed by atoms with Gasteiger partial charge in [-0.1, -0.05) is 0 Å². The van der Waals surface area contributed by atoms with Gasteiger partial charge in [0.05, 0.1) is 6.10 Å². The second kappa shape index (κ2) is 6.06. The number of ether oxygens (including phenoxy) is 1. The van der Waals surface area contributed by atoms with E-state index in [9.17, 15) is 9.90 Å². The molecule has 1 aliphatic carbocycles. The monoisotopic (exact) mass is 263 g/mol. The Labute approximate surface area is 114 Å². The van der Waals surface area contributed by atoms with Crippen LogP contribution in [0.1, 0.15) is 26.2 Å². The first kappa shape index (κ1) is 13.9. The van der Waals surface area contributed by atoms with Crippen molar-refractivity contribution < 1.29 is 14.6 Å². The highest BCUT2D eigenvalue weighted by Crippen LogP contribution is 2.33. The second-order valence-electron chi connectivity index (χ2n) is 5.09. The van der Waals surface area contributed by atoms with Gasteiger partial charge in [0.15, 0.2) is 0 Å². The van der Waals surface area contributed by atoms with Crippen LogP contribution in [0, 0.1) is 5.92 Å². The van der Waals surface area contributed by atoms with Gasteiger partial charge in [-0.25, -0.2) is 0 Å². The maximum Gasteiger partial charge on any atom is 0.226 e. The van der Waals surface area contributed by atoms with Gasteiger partial charge in [-0.3, -0.25) is 4.79 Å². The second-order valence-corrected chi connectivity index (χ2v) is 5.09. The molecule has 104 valence electrons. The Kier molecular flexibility index (Phi) is 4.43. The summed E-state index contributed by atoms with van der Waals surface area (Å²) < 4.78 is 5.50. The van der Waals surface area contributed by atoms with Gasteiger partial charge in [0.1, 0.15) is 5.75 Å². The van der Waals surface area contributed by atoms with Crippen molar-refractivity contribution in [2.24, 2.45) is 5.92 Å². The highest BCUT2D eigenvalue weighted by molar-refractivity contribution is 5.93. The van der Waals surface area contributed by atoms with Crippen molar-refractivity contribution >= 4 is 11.6 Å². The van der Waals surface area contributed by atoms with E-state index in [4.69, 9.17) is 4.74 Å². The van der Waals surface area contributed by atoms with Gasteiger partial charge in [-0.05, 0) is 49.9 Å². The van der Waals surface area contributed by atoms with Crippen molar-refractivity contribution in [2.45, 2.75) is 32.3 Å². The lowest BCUT2D eigenvalue weighted by molar-refractivity contribution is -0.121. The zero-order chi connectivity index (χ0) is 13.8. The minimum Gasteiger partial charge on any atom is -0.508 e. The van der Waals surface area contributed by atoms with Crippen LogP contribution >= 0.6 is 0 Å². The lowest BCUT2D eigenvalue weighted by atomic mass is 9.79. The number of anilines is 1. The van der Waals surface area contributed by atoms with Crippen LogP contribution in [0.25, 0.3) is 0 Å². The average Bonchev–Trinajstić information content (AvgIpc) is 2.36. The van der Waals surface area contributed by atoms with Crippen molar-refractivity contribution in [3.8, 4) is 5.75 Å². The lowest BCUT2D eigenvalue weighted by Crippen LogP contribution is -2.36. The van der Waals surface area contributed by atoms with E-state index < -0.39 is 0 Å². The van der Waals surface area contributed by atoms with Gasteiger partial charge in [-0.2, -0.15) is 0 Å². The van der Waals surface area contributed by atoms with E-state index in [0.717, 1.165) is 25.1 Å². The largest absolute Gasteiger partial charge is 0.508 e. The summed E-state index contributed by atoms with van der Waals surface area (Å²) in [7, 11) is 1.77. The number of amides is 1. The van der Waals surface area contributed by atoms with Gasteiger partial charge in [0.25, 0.3) is 0 Å². The molecule has 0 aromatic heterocycles. The summed E-state index contributed by atoms with van der Waals surface area (Å²) in [6, 6.07) is 6.68. The molecule has 0 atom stereocenters. The molecule has 1 aromatic carbocycles. The van der Waals surface area contributed by atoms with Crippen LogP contribution in [0.4, 0.5) is 5.69 Å². The normalized spacial score (nSPS) is 21.8. The number of hydrogen-bond acceptors (Lipinski definition) is 3. The van der Waals surface area contributed by atoms with Crippen LogP contribution in [0.5, 0.6) is 5.75 Å². The fraction of sp³-hybridized carbons (Fsp3) is 0.533. The number of hydrogen-bond donors (Lipinski definition) is 1. The van der Waals surface area contributed by atoms with E-state index in [2.05, 4.69) is 0 Å². The Bertz CT molecular complexity index is 424. The summed E-state index contributed by atoms with van der Waals surface area (Å²) >= 11 is 0. The molecule has 1 aliphatic rings. The van der Waals surface area contributed by atoms with Crippen molar-refractivity contribution in [2.75, 3.05) is 18.6 Å². The van der Waals surface area contributed by atoms with Crippen LogP contribution in [-0.4, -0.2) is 30.8 Å². The number of phenols is 1. The zero-order valence-corrected chi connectivity index (χ0v) is 11.5. The van der Waals surface area contributed by atoms with E-state index in [1.807, 2.05) is 6.92 Å². The Hall–Kier alpha value is -1.55. The smallest absolute Gasteiger partial charge is 0.226 e. The van der Waals surface area contributed by atoms with Gasteiger partial charge in [0, 0.05) is 25.8 Å². The third-order valence-corrected chi connectivity index (χ3v) is 3.67. The van der Waals surface area contributed by atoms with Gasteiger partial charge in [-0.15, -0.1) is 0 Å². The number of rotatable bonds is 5. The van der Waals surface area contributed by atoms with E-state index in [1.165, 1.54) is 0 Å². The topological polar surface area (TPSA) is 49.8 Å². The Morgan fingerprint density at radius 2 is 2.00 bits per heavy atom. The number of benzene rings is 1. The van der Waals surface area contributed by atoms with E-state index in [0.29, 0.717) is 18.4 Å². The van der Waals surface area contributed by atoms with Crippen LogP contribution in [-0.2, 0) is 9.53 Å². The van der Waals surface area contributed by atoms with Crippen molar-refractivity contribution in [1.82, 2.24) is 0 Å². The summed E-state index contributed by atoms with van der Waals surface area (Å²) in [5, 5.41) is 9.23. The predicted octanol–water partition coefficient (Wildman–Crippen LogP) is 2.56. The van der Waals surface area contributed by atoms with Crippen LogP contribution < -0.4 is 4.90 Å². The van der Waals surface area contributed by atoms with Crippen LogP contribution in [0.3, 0.4) is 0 Å². The molecule has 0 heterocycles. The summed E-state index contributed by atoms with van der Waals surface area (Å²) in [5.41, 5.74) is 0.809. The molecule has 19 heavy (non-hydrogen) atoms. The third kappa shape index (κ3) is 3.47. The predicted molar refractivity (Wildman–Crippen MR) is 74.3 cm³/mol. The Morgan fingerprint density at radius 1 is 1.37 bits per heavy atom. The molecule has 1 fully saturated rings. The Balaban J connectivity index is 1.82. The van der Waals surface area contributed by atoms with Gasteiger partial charge in [0.2, 0.25) is 5.91 Å². The SMILES string of the molecule is CCOC1CC(CC(=O)N(C)c2ccc(O)cc2)C1. The molecule has 0 spiro atoms. The lowest BCUT2D eigenvalue weighted by Gasteiger charge is -2.35. The first-order chi connectivity index (χ1) is 9.10. The summed E-state index contributed by atoms with van der Waals surface area (Å²) in [6.07, 6.45) is 2.90. The number of nitrogens with zero attached hydrogens (tertiary/aromatic N) is 1. The molecule has 0 saturated heterocycles. The minimum atomic E-state index is 0.116. The number of aromatic hydroxyl groups is 1. The fourth-order valence-corrected chi connectivity index (χ4v) is 2.42. The first-order valence-corrected chi connectivity index (χ1v) is 6.77. The van der Waals surface area contributed by atoms with E-state index in [1.54, 1.807) is 36.2 Å². The van der Waals surface area contributed by atoms with E-state index in [-0.39, 0.29) is 11.7 Å². The highest BCUT2D eigenvalue weighted by atomic mass is 16.5. The summed E-state index contributed by atoms with van der Waals surface area (Å²) in [4.78, 5) is 13.8. The first-order valence-electron chi connectivity index (χ1n) is 6.77. The average molecular weight is 263 g/mol. The van der Waals surface area contributed by atoms with E-state index >= 15 is 0 Å². The molecule has 1 amide bonds. The molecule has 1 saturated carbocycles. The maximum absolute atomic E-state index is 12.1. The minimum absolute atomic E-state index is 0.116. The molecule has 0 radical (unpaired) electrons. The fourth-order valence-electron chi connectivity index (χ4n) is 2.42. The molecule has 0 aliphatic heterocycles. The number of carbonyl (C=O) groups is 1. The molecule has 4 heteroatoms. The molecule has 0 unspecified atom stereocenters. The number of phenolic OH excluding ortho intramolecular Hbond substituents is 1. The maximum atomic E-state index is 12.1. The summed E-state index contributed by atoms with van der Waals surface area (Å²) in [6.45, 7) is 2.75. The van der Waals surface area contributed by atoms with Gasteiger partial charge >= 0.3 is 0 Å². The Morgan fingerprint density at radius 3 is 2.58 bits per heavy atom.